The summed E-state index contributed by atoms with van der Waals surface area (Å²) in [6.07, 6.45) is 3.94. The Morgan fingerprint density at radius 1 is 1.31 bits per heavy atom. The van der Waals surface area contributed by atoms with Crippen LogP contribution in [0.4, 0.5) is 0 Å². The molecular weight excluding hydrogens is 210 g/mol. The molecule has 0 unspecified atom stereocenters. The summed E-state index contributed by atoms with van der Waals surface area (Å²) in [5.41, 5.74) is 0. The van der Waals surface area contributed by atoms with Crippen molar-refractivity contribution >= 4 is 17.8 Å². The number of carbonyl (C=O) groups excluding carboxylic acids is 3. The van der Waals surface area contributed by atoms with E-state index >= 15 is 0 Å². The first-order chi connectivity index (χ1) is 7.65. The summed E-state index contributed by atoms with van der Waals surface area (Å²) in [6.45, 7) is 2.61. The van der Waals surface area contributed by atoms with Crippen LogP contribution in [0.2, 0.25) is 0 Å². The van der Waals surface area contributed by atoms with E-state index in [0.29, 0.717) is 13.0 Å². The van der Waals surface area contributed by atoms with Gasteiger partial charge in [0.25, 0.3) is 11.8 Å². The molecule has 1 heterocycles. The highest BCUT2D eigenvalue weighted by molar-refractivity contribution is 6.12. The molecule has 0 aromatic heterocycles. The molecule has 5 heteroatoms. The molecule has 16 heavy (non-hydrogen) atoms. The monoisotopic (exact) mass is 225 g/mol. The number of ether oxygens (including phenoxy) is 1. The summed E-state index contributed by atoms with van der Waals surface area (Å²) in [6, 6.07) is 0. The van der Waals surface area contributed by atoms with Gasteiger partial charge in [0, 0.05) is 25.1 Å². The molecule has 1 rings (SSSR count). The lowest BCUT2D eigenvalue weighted by Gasteiger charge is -2.12. The summed E-state index contributed by atoms with van der Waals surface area (Å²) < 4.78 is 4.87. The Bertz CT molecular complexity index is 304. The highest BCUT2D eigenvalue weighted by Gasteiger charge is 2.22. The molecule has 0 N–H and O–H groups in total. The molecule has 2 amide bonds. The Balaban J connectivity index is 2.18. The van der Waals surface area contributed by atoms with Crippen molar-refractivity contribution in [3.63, 3.8) is 0 Å². The standard InChI is InChI=1S/C11H15NO4/c1-2-8-16-11(15)4-3-7-12-9(13)5-6-10(12)14/h5-6H,2-4,7-8H2,1H3. The van der Waals surface area contributed by atoms with Crippen molar-refractivity contribution in [3.8, 4) is 0 Å². The SMILES string of the molecule is CCCOC(=O)CCCN1C(=O)C=CC1=O. The molecule has 0 spiro atoms. The molecule has 0 aromatic carbocycles. The van der Waals surface area contributed by atoms with Gasteiger partial charge < -0.3 is 4.74 Å². The van der Waals surface area contributed by atoms with Crippen molar-refractivity contribution < 1.29 is 19.1 Å². The predicted molar refractivity (Wildman–Crippen MR) is 56.3 cm³/mol. The lowest BCUT2D eigenvalue weighted by atomic mass is 10.3. The van der Waals surface area contributed by atoms with Crippen LogP contribution in [-0.4, -0.2) is 35.8 Å². The van der Waals surface area contributed by atoms with Gasteiger partial charge in [0.05, 0.1) is 6.61 Å². The van der Waals surface area contributed by atoms with Gasteiger partial charge in [-0.05, 0) is 12.8 Å². The summed E-state index contributed by atoms with van der Waals surface area (Å²) in [7, 11) is 0. The molecule has 88 valence electrons. The Morgan fingerprint density at radius 2 is 1.94 bits per heavy atom. The van der Waals surface area contributed by atoms with E-state index in [0.717, 1.165) is 11.3 Å². The van der Waals surface area contributed by atoms with E-state index in [4.69, 9.17) is 4.74 Å². The Labute approximate surface area is 94.1 Å². The normalized spacial score (nSPS) is 14.7. The van der Waals surface area contributed by atoms with Crippen molar-refractivity contribution in [1.29, 1.82) is 0 Å². The van der Waals surface area contributed by atoms with Crippen LogP contribution in [0.1, 0.15) is 26.2 Å². The van der Waals surface area contributed by atoms with Crippen LogP contribution in [0.3, 0.4) is 0 Å². The minimum atomic E-state index is -0.313. The third-order valence-electron chi connectivity index (χ3n) is 2.13. The third-order valence-corrected chi connectivity index (χ3v) is 2.13. The second-order valence-corrected chi connectivity index (χ2v) is 3.49. The van der Waals surface area contributed by atoms with E-state index in [1.54, 1.807) is 0 Å². The number of carbonyl (C=O) groups is 3. The van der Waals surface area contributed by atoms with Gasteiger partial charge in [-0.1, -0.05) is 6.92 Å². The van der Waals surface area contributed by atoms with Crippen molar-refractivity contribution in [2.45, 2.75) is 26.2 Å². The molecule has 1 aliphatic heterocycles. The molecule has 5 nitrogen and oxygen atoms in total. The minimum Gasteiger partial charge on any atom is -0.466 e. The van der Waals surface area contributed by atoms with Gasteiger partial charge >= 0.3 is 5.97 Å². The van der Waals surface area contributed by atoms with Crippen molar-refractivity contribution in [3.05, 3.63) is 12.2 Å². The first-order valence-corrected chi connectivity index (χ1v) is 5.34. The fourth-order valence-electron chi connectivity index (χ4n) is 1.32. The van der Waals surface area contributed by atoms with Crippen LogP contribution in [-0.2, 0) is 19.1 Å². The zero-order valence-electron chi connectivity index (χ0n) is 9.27. The average molecular weight is 225 g/mol. The molecule has 0 saturated heterocycles. The van der Waals surface area contributed by atoms with Crippen LogP contribution >= 0.6 is 0 Å². The first kappa shape index (κ1) is 12.4. The highest BCUT2D eigenvalue weighted by Crippen LogP contribution is 2.05. The number of nitrogens with zero attached hydrogens (tertiary/aromatic N) is 1. The number of imide groups is 1. The Kier molecular flexibility index (Phi) is 4.69. The van der Waals surface area contributed by atoms with E-state index in [1.807, 2.05) is 6.92 Å². The van der Waals surface area contributed by atoms with Gasteiger partial charge in [-0.2, -0.15) is 0 Å². The lowest BCUT2D eigenvalue weighted by molar-refractivity contribution is -0.145. The van der Waals surface area contributed by atoms with E-state index in [1.165, 1.54) is 12.2 Å². The van der Waals surface area contributed by atoms with Crippen LogP contribution < -0.4 is 0 Å². The second kappa shape index (κ2) is 6.05. The molecule has 0 radical (unpaired) electrons. The molecule has 0 fully saturated rings. The molecule has 0 bridgehead atoms. The Morgan fingerprint density at radius 3 is 2.50 bits per heavy atom. The number of hydrogen-bond donors (Lipinski definition) is 0. The molecule has 0 aromatic rings. The van der Waals surface area contributed by atoms with Crippen molar-refractivity contribution in [2.24, 2.45) is 0 Å². The number of esters is 1. The van der Waals surface area contributed by atoms with Gasteiger partial charge in [0.15, 0.2) is 0 Å². The zero-order valence-corrected chi connectivity index (χ0v) is 9.27. The maximum Gasteiger partial charge on any atom is 0.305 e. The van der Waals surface area contributed by atoms with Crippen molar-refractivity contribution in [2.75, 3.05) is 13.2 Å². The average Bonchev–Trinajstić information content (AvgIpc) is 2.57. The summed E-state index contributed by atoms with van der Waals surface area (Å²) >= 11 is 0. The van der Waals surface area contributed by atoms with Gasteiger partial charge in [0.2, 0.25) is 0 Å². The number of hydrogen-bond acceptors (Lipinski definition) is 4. The van der Waals surface area contributed by atoms with Crippen LogP contribution in [0.15, 0.2) is 12.2 Å². The second-order valence-electron chi connectivity index (χ2n) is 3.49. The molecule has 0 atom stereocenters. The van der Waals surface area contributed by atoms with Gasteiger partial charge in [0.1, 0.15) is 0 Å². The van der Waals surface area contributed by atoms with Crippen LogP contribution in [0.5, 0.6) is 0 Å². The summed E-state index contributed by atoms with van der Waals surface area (Å²) in [5, 5.41) is 0. The van der Waals surface area contributed by atoms with Crippen molar-refractivity contribution in [1.82, 2.24) is 4.90 Å². The fourth-order valence-corrected chi connectivity index (χ4v) is 1.32. The van der Waals surface area contributed by atoms with E-state index in [9.17, 15) is 14.4 Å². The highest BCUT2D eigenvalue weighted by atomic mass is 16.5. The van der Waals surface area contributed by atoms with Gasteiger partial charge in [-0.15, -0.1) is 0 Å². The largest absolute Gasteiger partial charge is 0.466 e. The number of rotatable bonds is 6. The lowest BCUT2D eigenvalue weighted by Crippen LogP contribution is -2.31. The molecule has 1 aliphatic rings. The van der Waals surface area contributed by atoms with Gasteiger partial charge in [-0.3, -0.25) is 19.3 Å². The van der Waals surface area contributed by atoms with E-state index in [-0.39, 0.29) is 30.7 Å². The quantitative estimate of drug-likeness (QED) is 0.491. The fraction of sp³-hybridized carbons (Fsp3) is 0.545. The topological polar surface area (TPSA) is 63.7 Å². The van der Waals surface area contributed by atoms with Gasteiger partial charge in [-0.25, -0.2) is 0 Å². The summed E-state index contributed by atoms with van der Waals surface area (Å²) in [4.78, 5) is 34.5. The van der Waals surface area contributed by atoms with E-state index in [2.05, 4.69) is 0 Å². The Hall–Kier alpha value is -1.65. The smallest absolute Gasteiger partial charge is 0.305 e. The molecule has 0 saturated carbocycles. The van der Waals surface area contributed by atoms with E-state index < -0.39 is 0 Å². The maximum absolute atomic E-state index is 11.1. The minimum absolute atomic E-state index is 0.233. The first-order valence-electron chi connectivity index (χ1n) is 5.34. The molecule has 0 aliphatic carbocycles. The summed E-state index contributed by atoms with van der Waals surface area (Å²) in [5.74, 6) is -0.909. The van der Waals surface area contributed by atoms with Crippen LogP contribution in [0.25, 0.3) is 0 Å². The zero-order chi connectivity index (χ0) is 12.0. The van der Waals surface area contributed by atoms with Crippen LogP contribution in [0, 0.1) is 0 Å². The third kappa shape index (κ3) is 3.49. The predicted octanol–water partition coefficient (Wildman–Crippen LogP) is 0.645. The maximum atomic E-state index is 11.1. The number of amides is 2. The molecular formula is C11H15NO4.